The van der Waals surface area contributed by atoms with E-state index < -0.39 is 17.5 Å². The van der Waals surface area contributed by atoms with Crippen molar-refractivity contribution in [3.05, 3.63) is 12.2 Å². The van der Waals surface area contributed by atoms with E-state index in [2.05, 4.69) is 6.58 Å². The number of ether oxygens (including phenoxy) is 2. The number of carbonyl (C=O) groups excluding carboxylic acids is 2. The van der Waals surface area contributed by atoms with Crippen LogP contribution in [0.15, 0.2) is 12.2 Å². The van der Waals surface area contributed by atoms with E-state index in [1.807, 2.05) is 6.92 Å². The molecule has 4 heteroatoms. The van der Waals surface area contributed by atoms with E-state index >= 15 is 0 Å². The maximum absolute atomic E-state index is 12.1. The summed E-state index contributed by atoms with van der Waals surface area (Å²) in [4.78, 5) is 22.8. The fraction of sp³-hybridized carbons (Fsp3) is 0.765. The average Bonchev–Trinajstić information content (AvgIpc) is 2.44. The molecule has 0 amide bonds. The normalized spacial score (nSPS) is 31.9. The molecule has 0 spiro atoms. The highest BCUT2D eigenvalue weighted by Gasteiger charge is 2.41. The summed E-state index contributed by atoms with van der Waals surface area (Å²) in [5.41, 5.74) is -0.188. The maximum Gasteiger partial charge on any atom is 0.337 e. The lowest BCUT2D eigenvalue weighted by molar-refractivity contribution is -0.161. The first-order chi connectivity index (χ1) is 9.89. The van der Waals surface area contributed by atoms with Crippen LogP contribution in [0.3, 0.4) is 0 Å². The number of carbonyl (C=O) groups is 2. The largest absolute Gasteiger partial charge is 0.461 e. The minimum Gasteiger partial charge on any atom is -0.461 e. The number of esters is 2. The molecule has 2 aliphatic carbocycles. The Labute approximate surface area is 126 Å². The van der Waals surface area contributed by atoms with Gasteiger partial charge in [0.25, 0.3) is 0 Å². The topological polar surface area (TPSA) is 52.6 Å². The molecule has 118 valence electrons. The summed E-state index contributed by atoms with van der Waals surface area (Å²) in [6, 6.07) is 0. The van der Waals surface area contributed by atoms with Crippen LogP contribution in [0, 0.1) is 11.8 Å². The van der Waals surface area contributed by atoms with Crippen LogP contribution in [-0.2, 0) is 19.1 Å². The van der Waals surface area contributed by atoms with E-state index in [-0.39, 0.29) is 12.2 Å². The third kappa shape index (κ3) is 4.32. The predicted octanol–water partition coefficient (Wildman–Crippen LogP) is 3.40. The Morgan fingerprint density at radius 1 is 1.19 bits per heavy atom. The van der Waals surface area contributed by atoms with Crippen LogP contribution >= 0.6 is 0 Å². The van der Waals surface area contributed by atoms with Crippen molar-refractivity contribution in [2.24, 2.45) is 11.8 Å². The summed E-state index contributed by atoms with van der Waals surface area (Å²) in [7, 11) is 0. The van der Waals surface area contributed by atoms with Gasteiger partial charge in [-0.1, -0.05) is 32.3 Å². The molecule has 3 unspecified atom stereocenters. The maximum atomic E-state index is 12.1. The van der Waals surface area contributed by atoms with Crippen LogP contribution in [0.25, 0.3) is 0 Å². The molecule has 0 heterocycles. The van der Waals surface area contributed by atoms with E-state index in [9.17, 15) is 9.59 Å². The van der Waals surface area contributed by atoms with Crippen molar-refractivity contribution in [3.8, 4) is 0 Å². The van der Waals surface area contributed by atoms with Crippen LogP contribution < -0.4 is 0 Å². The molecule has 2 rings (SSSR count). The summed E-state index contributed by atoms with van der Waals surface area (Å²) in [6.45, 7) is 6.90. The van der Waals surface area contributed by atoms with Gasteiger partial charge in [-0.25, -0.2) is 4.79 Å². The lowest BCUT2D eigenvalue weighted by Gasteiger charge is -2.44. The molecule has 0 aromatic carbocycles. The molecule has 0 N–H and O–H groups in total. The zero-order valence-electron chi connectivity index (χ0n) is 13.2. The van der Waals surface area contributed by atoms with E-state index in [4.69, 9.17) is 9.47 Å². The number of hydrogen-bond acceptors (Lipinski definition) is 4. The van der Waals surface area contributed by atoms with Gasteiger partial charge in [-0.2, -0.15) is 0 Å². The lowest BCUT2D eigenvalue weighted by atomic mass is 9.66. The second kappa shape index (κ2) is 6.63. The zero-order valence-corrected chi connectivity index (χ0v) is 13.2. The summed E-state index contributed by atoms with van der Waals surface area (Å²) in [5, 5.41) is 0. The molecule has 0 bridgehead atoms. The van der Waals surface area contributed by atoms with Crippen molar-refractivity contribution < 1.29 is 19.1 Å². The standard InChI is InChI=1S/C17H26O4/c1-12(11-20-13(2)18)16(19)21-17(3)9-8-14-6-4-5-7-15(14)10-17/h14-15H,1,4-11H2,2-3H3. The third-order valence-corrected chi connectivity index (χ3v) is 4.88. The van der Waals surface area contributed by atoms with Gasteiger partial charge in [-0.05, 0) is 38.0 Å². The highest BCUT2D eigenvalue weighted by Crippen LogP contribution is 2.45. The van der Waals surface area contributed by atoms with Crippen LogP contribution in [0.5, 0.6) is 0 Å². The molecule has 0 aliphatic heterocycles. The van der Waals surface area contributed by atoms with E-state index in [0.29, 0.717) is 5.92 Å². The molecule has 21 heavy (non-hydrogen) atoms. The molecule has 2 aliphatic rings. The third-order valence-electron chi connectivity index (χ3n) is 4.88. The van der Waals surface area contributed by atoms with Crippen LogP contribution in [0.1, 0.15) is 58.8 Å². The fourth-order valence-electron chi connectivity index (χ4n) is 3.72. The molecule has 0 aromatic rings. The number of rotatable bonds is 4. The summed E-state index contributed by atoms with van der Waals surface area (Å²) in [5.74, 6) is 0.646. The van der Waals surface area contributed by atoms with Crippen molar-refractivity contribution in [1.29, 1.82) is 0 Å². The van der Waals surface area contributed by atoms with Crippen molar-refractivity contribution in [1.82, 2.24) is 0 Å². The van der Waals surface area contributed by atoms with Gasteiger partial charge in [-0.15, -0.1) is 0 Å². The first kappa shape index (κ1) is 16.1. The highest BCUT2D eigenvalue weighted by molar-refractivity contribution is 5.88. The number of hydrogen-bond donors (Lipinski definition) is 0. The van der Waals surface area contributed by atoms with Gasteiger partial charge in [0.2, 0.25) is 0 Å². The van der Waals surface area contributed by atoms with Gasteiger partial charge < -0.3 is 9.47 Å². The van der Waals surface area contributed by atoms with E-state index in [1.165, 1.54) is 32.6 Å². The van der Waals surface area contributed by atoms with Crippen molar-refractivity contribution in [3.63, 3.8) is 0 Å². The van der Waals surface area contributed by atoms with Gasteiger partial charge in [-0.3, -0.25) is 4.79 Å². The van der Waals surface area contributed by atoms with Crippen molar-refractivity contribution >= 4 is 11.9 Å². The first-order valence-electron chi connectivity index (χ1n) is 7.94. The van der Waals surface area contributed by atoms with Crippen LogP contribution in [-0.4, -0.2) is 24.1 Å². The molecular formula is C17H26O4. The summed E-state index contributed by atoms with van der Waals surface area (Å²) in [6.07, 6.45) is 8.23. The number of fused-ring (bicyclic) bond motifs is 1. The molecule has 2 fully saturated rings. The van der Waals surface area contributed by atoms with E-state index in [0.717, 1.165) is 25.2 Å². The van der Waals surface area contributed by atoms with Gasteiger partial charge in [0.05, 0.1) is 5.57 Å². The second-order valence-corrected chi connectivity index (χ2v) is 6.77. The van der Waals surface area contributed by atoms with Crippen LogP contribution in [0.4, 0.5) is 0 Å². The lowest BCUT2D eigenvalue weighted by Crippen LogP contribution is -2.42. The molecule has 3 atom stereocenters. The minimum atomic E-state index is -0.437. The van der Waals surface area contributed by atoms with Crippen LogP contribution in [0.2, 0.25) is 0 Å². The Hall–Kier alpha value is -1.32. The Bertz CT molecular complexity index is 429. The van der Waals surface area contributed by atoms with Gasteiger partial charge in [0.15, 0.2) is 0 Å². The van der Waals surface area contributed by atoms with Crippen molar-refractivity contribution in [2.75, 3.05) is 6.61 Å². The van der Waals surface area contributed by atoms with Gasteiger partial charge >= 0.3 is 11.9 Å². The minimum absolute atomic E-state index is 0.0870. The molecule has 0 radical (unpaired) electrons. The smallest absolute Gasteiger partial charge is 0.337 e. The van der Waals surface area contributed by atoms with Gasteiger partial charge in [0, 0.05) is 6.92 Å². The SMILES string of the molecule is C=C(COC(C)=O)C(=O)OC1(C)CCC2CCCCC2C1. The average molecular weight is 294 g/mol. The molecular weight excluding hydrogens is 268 g/mol. The molecule has 2 saturated carbocycles. The highest BCUT2D eigenvalue weighted by atomic mass is 16.6. The summed E-state index contributed by atoms with van der Waals surface area (Å²) >= 11 is 0. The summed E-state index contributed by atoms with van der Waals surface area (Å²) < 4.78 is 10.5. The van der Waals surface area contributed by atoms with E-state index in [1.54, 1.807) is 0 Å². The van der Waals surface area contributed by atoms with Crippen molar-refractivity contribution in [2.45, 2.75) is 64.4 Å². The zero-order chi connectivity index (χ0) is 15.5. The van der Waals surface area contributed by atoms with Gasteiger partial charge in [0.1, 0.15) is 12.2 Å². The predicted molar refractivity (Wildman–Crippen MR) is 79.6 cm³/mol. The molecule has 0 saturated heterocycles. The Balaban J connectivity index is 1.87. The first-order valence-corrected chi connectivity index (χ1v) is 7.94. The molecule has 0 aromatic heterocycles. The fourth-order valence-corrected chi connectivity index (χ4v) is 3.72. The Morgan fingerprint density at radius 3 is 2.52 bits per heavy atom. The quantitative estimate of drug-likeness (QED) is 0.589. The Kier molecular flexibility index (Phi) is 5.07. The molecule has 4 nitrogen and oxygen atoms in total. The Morgan fingerprint density at radius 2 is 1.86 bits per heavy atom. The monoisotopic (exact) mass is 294 g/mol. The second-order valence-electron chi connectivity index (χ2n) is 6.77.